The second-order valence-electron chi connectivity index (χ2n) is 3.41. The van der Waals surface area contributed by atoms with Crippen LogP contribution in [0.4, 0.5) is 5.69 Å². The van der Waals surface area contributed by atoms with E-state index in [-0.39, 0.29) is 5.91 Å². The van der Waals surface area contributed by atoms with E-state index in [1.54, 1.807) is 6.20 Å². The van der Waals surface area contributed by atoms with E-state index < -0.39 is 0 Å². The van der Waals surface area contributed by atoms with Crippen LogP contribution in [0.1, 0.15) is 5.69 Å². The van der Waals surface area contributed by atoms with E-state index in [0.29, 0.717) is 6.42 Å². The molecular formula is C13H12N2O. The van der Waals surface area contributed by atoms with Crippen molar-refractivity contribution in [3.8, 4) is 0 Å². The minimum Gasteiger partial charge on any atom is -0.326 e. The maximum atomic E-state index is 11.6. The Kier molecular flexibility index (Phi) is 3.28. The minimum atomic E-state index is -0.0510. The molecule has 0 saturated carbocycles. The predicted octanol–water partition coefficient (Wildman–Crippen LogP) is 2.26. The first-order chi connectivity index (χ1) is 7.84. The summed E-state index contributed by atoms with van der Waals surface area (Å²) in [4.78, 5) is 15.7. The largest absolute Gasteiger partial charge is 0.326 e. The molecule has 0 radical (unpaired) electrons. The van der Waals surface area contributed by atoms with Crippen LogP contribution in [0.2, 0.25) is 0 Å². The Morgan fingerprint density at radius 1 is 1.06 bits per heavy atom. The summed E-state index contributed by atoms with van der Waals surface area (Å²) in [7, 11) is 0. The summed E-state index contributed by atoms with van der Waals surface area (Å²) < 4.78 is 0. The van der Waals surface area contributed by atoms with Crippen molar-refractivity contribution in [2.45, 2.75) is 6.42 Å². The molecule has 0 aliphatic heterocycles. The van der Waals surface area contributed by atoms with Gasteiger partial charge in [-0.3, -0.25) is 9.78 Å². The first-order valence-electron chi connectivity index (χ1n) is 5.09. The van der Waals surface area contributed by atoms with Gasteiger partial charge >= 0.3 is 0 Å². The van der Waals surface area contributed by atoms with Crippen molar-refractivity contribution in [1.29, 1.82) is 0 Å². The van der Waals surface area contributed by atoms with E-state index in [0.717, 1.165) is 11.4 Å². The number of carbonyl (C=O) groups excluding carboxylic acids is 1. The smallest absolute Gasteiger partial charge is 0.230 e. The second kappa shape index (κ2) is 5.07. The molecule has 2 aromatic rings. The summed E-state index contributed by atoms with van der Waals surface area (Å²) in [6.45, 7) is 0. The van der Waals surface area contributed by atoms with Crippen molar-refractivity contribution in [2.24, 2.45) is 0 Å². The molecule has 3 nitrogen and oxygen atoms in total. The van der Waals surface area contributed by atoms with Gasteiger partial charge in [-0.1, -0.05) is 24.3 Å². The highest BCUT2D eigenvalue weighted by atomic mass is 16.1. The van der Waals surface area contributed by atoms with Crippen LogP contribution in [-0.2, 0) is 11.2 Å². The molecule has 1 aromatic heterocycles. The number of hydrogen-bond acceptors (Lipinski definition) is 2. The van der Waals surface area contributed by atoms with Gasteiger partial charge < -0.3 is 5.32 Å². The van der Waals surface area contributed by atoms with Crippen molar-refractivity contribution in [3.05, 3.63) is 60.4 Å². The highest BCUT2D eigenvalue weighted by Crippen LogP contribution is 2.05. The predicted molar refractivity (Wildman–Crippen MR) is 63.0 cm³/mol. The highest BCUT2D eigenvalue weighted by Gasteiger charge is 2.03. The van der Waals surface area contributed by atoms with Gasteiger partial charge in [0.2, 0.25) is 5.91 Å². The van der Waals surface area contributed by atoms with E-state index in [1.807, 2.05) is 48.5 Å². The molecule has 80 valence electrons. The fourth-order valence-electron chi connectivity index (χ4n) is 1.39. The van der Waals surface area contributed by atoms with Crippen LogP contribution in [0.5, 0.6) is 0 Å². The molecule has 0 aliphatic carbocycles. The quantitative estimate of drug-likeness (QED) is 0.848. The molecule has 0 spiro atoms. The minimum absolute atomic E-state index is 0.0510. The Labute approximate surface area is 94.1 Å². The molecule has 3 heteroatoms. The molecule has 1 N–H and O–H groups in total. The third kappa shape index (κ3) is 2.92. The number of anilines is 1. The zero-order chi connectivity index (χ0) is 11.2. The molecule has 16 heavy (non-hydrogen) atoms. The molecule has 1 aromatic carbocycles. The summed E-state index contributed by atoms with van der Waals surface area (Å²) in [6.07, 6.45) is 1.99. The molecule has 0 atom stereocenters. The normalized spacial score (nSPS) is 9.75. The number of pyridine rings is 1. The van der Waals surface area contributed by atoms with Crippen molar-refractivity contribution in [2.75, 3.05) is 5.32 Å². The van der Waals surface area contributed by atoms with Crippen LogP contribution < -0.4 is 5.32 Å². The van der Waals surface area contributed by atoms with Gasteiger partial charge in [-0.2, -0.15) is 0 Å². The zero-order valence-electron chi connectivity index (χ0n) is 8.76. The van der Waals surface area contributed by atoms with Crippen LogP contribution in [0.3, 0.4) is 0 Å². The van der Waals surface area contributed by atoms with Crippen LogP contribution in [0.15, 0.2) is 54.7 Å². The van der Waals surface area contributed by atoms with Crippen LogP contribution in [0.25, 0.3) is 0 Å². The summed E-state index contributed by atoms with van der Waals surface area (Å²) in [6, 6.07) is 14.9. The number of nitrogens with one attached hydrogen (secondary N) is 1. The van der Waals surface area contributed by atoms with Crippen molar-refractivity contribution < 1.29 is 4.79 Å². The number of aromatic nitrogens is 1. The van der Waals surface area contributed by atoms with Gasteiger partial charge in [-0.15, -0.1) is 0 Å². The lowest BCUT2D eigenvalue weighted by atomic mass is 10.2. The monoisotopic (exact) mass is 212 g/mol. The maximum absolute atomic E-state index is 11.6. The van der Waals surface area contributed by atoms with E-state index >= 15 is 0 Å². The van der Waals surface area contributed by atoms with Crippen LogP contribution in [-0.4, -0.2) is 10.9 Å². The third-order valence-electron chi connectivity index (χ3n) is 2.13. The summed E-state index contributed by atoms with van der Waals surface area (Å²) in [5, 5.41) is 2.81. The first kappa shape index (κ1) is 10.4. The molecule has 0 saturated heterocycles. The Morgan fingerprint density at radius 2 is 1.81 bits per heavy atom. The molecule has 1 heterocycles. The lowest BCUT2D eigenvalue weighted by Crippen LogP contribution is -2.14. The SMILES string of the molecule is O=C(Cc1ccccn1)Nc1ccccc1. The summed E-state index contributed by atoms with van der Waals surface area (Å²) >= 11 is 0. The maximum Gasteiger partial charge on any atom is 0.230 e. The number of carbonyl (C=O) groups is 1. The van der Waals surface area contributed by atoms with E-state index in [1.165, 1.54) is 0 Å². The van der Waals surface area contributed by atoms with Gasteiger partial charge in [0.05, 0.1) is 6.42 Å². The Hall–Kier alpha value is -2.16. The fourth-order valence-corrected chi connectivity index (χ4v) is 1.39. The van der Waals surface area contributed by atoms with Gasteiger partial charge in [0, 0.05) is 17.6 Å². The summed E-state index contributed by atoms with van der Waals surface area (Å²) in [5.74, 6) is -0.0510. The van der Waals surface area contributed by atoms with E-state index in [9.17, 15) is 4.79 Å². The number of nitrogens with zero attached hydrogens (tertiary/aromatic N) is 1. The number of para-hydroxylation sites is 1. The standard InChI is InChI=1S/C13H12N2O/c16-13(10-12-8-4-5-9-14-12)15-11-6-2-1-3-7-11/h1-9H,10H2,(H,15,16). The number of hydrogen-bond donors (Lipinski definition) is 1. The van der Waals surface area contributed by atoms with Gasteiger partial charge in [-0.05, 0) is 24.3 Å². The van der Waals surface area contributed by atoms with Gasteiger partial charge in [-0.25, -0.2) is 0 Å². The van der Waals surface area contributed by atoms with Crippen molar-refractivity contribution in [1.82, 2.24) is 4.98 Å². The average molecular weight is 212 g/mol. The molecule has 0 aliphatic rings. The second-order valence-corrected chi connectivity index (χ2v) is 3.41. The highest BCUT2D eigenvalue weighted by molar-refractivity contribution is 5.91. The fraction of sp³-hybridized carbons (Fsp3) is 0.0769. The van der Waals surface area contributed by atoms with E-state index in [4.69, 9.17) is 0 Å². The van der Waals surface area contributed by atoms with Crippen molar-refractivity contribution in [3.63, 3.8) is 0 Å². The van der Waals surface area contributed by atoms with Gasteiger partial charge in [0.15, 0.2) is 0 Å². The van der Waals surface area contributed by atoms with Gasteiger partial charge in [0.25, 0.3) is 0 Å². The van der Waals surface area contributed by atoms with Crippen LogP contribution >= 0.6 is 0 Å². The average Bonchev–Trinajstić information content (AvgIpc) is 2.31. The Bertz CT molecular complexity index is 410. The third-order valence-corrected chi connectivity index (χ3v) is 2.13. The topological polar surface area (TPSA) is 42.0 Å². The molecule has 0 bridgehead atoms. The molecule has 2 rings (SSSR count). The number of rotatable bonds is 3. The Morgan fingerprint density at radius 3 is 2.50 bits per heavy atom. The molecule has 1 amide bonds. The molecule has 0 unspecified atom stereocenters. The molecular weight excluding hydrogens is 200 g/mol. The lowest BCUT2D eigenvalue weighted by Gasteiger charge is -2.03. The van der Waals surface area contributed by atoms with Crippen LogP contribution in [0, 0.1) is 0 Å². The van der Waals surface area contributed by atoms with E-state index in [2.05, 4.69) is 10.3 Å². The number of benzene rings is 1. The summed E-state index contributed by atoms with van der Waals surface area (Å²) in [5.41, 5.74) is 1.58. The number of amides is 1. The molecule has 0 fully saturated rings. The van der Waals surface area contributed by atoms with Gasteiger partial charge in [0.1, 0.15) is 0 Å². The van der Waals surface area contributed by atoms with Crippen molar-refractivity contribution >= 4 is 11.6 Å². The first-order valence-corrected chi connectivity index (χ1v) is 5.09. The lowest BCUT2D eigenvalue weighted by molar-refractivity contribution is -0.115. The zero-order valence-corrected chi connectivity index (χ0v) is 8.76. The Balaban J connectivity index is 1.95.